The van der Waals surface area contributed by atoms with E-state index >= 15 is 0 Å². The number of nitrogens with one attached hydrogen (secondary N) is 1. The highest BCUT2D eigenvalue weighted by Crippen LogP contribution is 2.34. The first-order valence-electron chi connectivity index (χ1n) is 10.4. The second-order valence-electron chi connectivity index (χ2n) is 7.79. The number of amides is 1. The van der Waals surface area contributed by atoms with Crippen LogP contribution in [-0.2, 0) is 16.1 Å². The topological polar surface area (TPSA) is 77.1 Å². The molecule has 0 radical (unpaired) electrons. The summed E-state index contributed by atoms with van der Waals surface area (Å²) in [4.78, 5) is 27.6. The number of hydrogen-bond donors (Lipinski definition) is 1. The highest BCUT2D eigenvalue weighted by Gasteiger charge is 2.27. The Morgan fingerprint density at radius 1 is 1.06 bits per heavy atom. The Hall–Kier alpha value is -3.06. The fraction of sp³-hybridized carbons (Fsp3) is 0.417. The fourth-order valence-electron chi connectivity index (χ4n) is 3.86. The smallest absolute Gasteiger partial charge is 0.340 e. The summed E-state index contributed by atoms with van der Waals surface area (Å²) < 4.78 is 15.5. The van der Waals surface area contributed by atoms with Crippen molar-refractivity contribution in [1.82, 2.24) is 4.90 Å². The summed E-state index contributed by atoms with van der Waals surface area (Å²) in [7, 11) is 4.29. The maximum Gasteiger partial charge on any atom is 0.340 e. The SMILES string of the molecule is COC(=O)c1cc(OC)c(OC)cc1NC(=O)C1CCCN(Cc2ccc(C)cc2)C1. The minimum absolute atomic E-state index is 0.119. The van der Waals surface area contributed by atoms with Crippen LogP contribution in [0, 0.1) is 12.8 Å². The summed E-state index contributed by atoms with van der Waals surface area (Å²) in [5.74, 6) is -0.0254. The Kier molecular flexibility index (Phi) is 7.52. The number of piperidine rings is 1. The van der Waals surface area contributed by atoms with E-state index in [1.54, 1.807) is 6.07 Å². The molecule has 2 aromatic rings. The third-order valence-corrected chi connectivity index (χ3v) is 5.59. The molecule has 7 heteroatoms. The average molecular weight is 427 g/mol. The van der Waals surface area contributed by atoms with Crippen LogP contribution in [0.2, 0.25) is 0 Å². The summed E-state index contributed by atoms with van der Waals surface area (Å²) in [5.41, 5.74) is 3.04. The molecule has 0 spiro atoms. The molecule has 1 saturated heterocycles. The second-order valence-corrected chi connectivity index (χ2v) is 7.79. The molecular formula is C24H30N2O5. The van der Waals surface area contributed by atoms with Gasteiger partial charge in [-0.25, -0.2) is 4.79 Å². The van der Waals surface area contributed by atoms with Crippen molar-refractivity contribution in [2.24, 2.45) is 5.92 Å². The van der Waals surface area contributed by atoms with E-state index in [1.807, 2.05) is 0 Å². The van der Waals surface area contributed by atoms with Gasteiger partial charge in [0.25, 0.3) is 0 Å². The van der Waals surface area contributed by atoms with Crippen LogP contribution >= 0.6 is 0 Å². The number of anilines is 1. The van der Waals surface area contributed by atoms with Crippen LogP contribution < -0.4 is 14.8 Å². The van der Waals surface area contributed by atoms with Gasteiger partial charge >= 0.3 is 5.97 Å². The van der Waals surface area contributed by atoms with Crippen LogP contribution in [0.15, 0.2) is 36.4 Å². The molecule has 2 aromatic carbocycles. The zero-order chi connectivity index (χ0) is 22.4. The summed E-state index contributed by atoms with van der Waals surface area (Å²) in [6, 6.07) is 11.6. The molecule has 1 heterocycles. The molecule has 0 saturated carbocycles. The fourth-order valence-corrected chi connectivity index (χ4v) is 3.86. The van der Waals surface area contributed by atoms with E-state index < -0.39 is 5.97 Å². The lowest BCUT2D eigenvalue weighted by Crippen LogP contribution is -2.40. The maximum atomic E-state index is 13.1. The molecule has 1 amide bonds. The van der Waals surface area contributed by atoms with Gasteiger partial charge in [-0.05, 0) is 31.9 Å². The van der Waals surface area contributed by atoms with Crippen LogP contribution in [0.3, 0.4) is 0 Å². The van der Waals surface area contributed by atoms with Gasteiger partial charge in [-0.15, -0.1) is 0 Å². The predicted octanol–water partition coefficient (Wildman–Crippen LogP) is 3.65. The number of hydrogen-bond acceptors (Lipinski definition) is 6. The molecule has 0 aliphatic carbocycles. The van der Waals surface area contributed by atoms with Gasteiger partial charge in [0.05, 0.1) is 38.5 Å². The number of aryl methyl sites for hydroxylation is 1. The first-order valence-corrected chi connectivity index (χ1v) is 10.4. The van der Waals surface area contributed by atoms with Gasteiger partial charge < -0.3 is 19.5 Å². The third kappa shape index (κ3) is 5.55. The van der Waals surface area contributed by atoms with Crippen molar-refractivity contribution in [3.63, 3.8) is 0 Å². The number of esters is 1. The van der Waals surface area contributed by atoms with Gasteiger partial charge in [-0.2, -0.15) is 0 Å². The number of ether oxygens (including phenoxy) is 3. The molecule has 31 heavy (non-hydrogen) atoms. The first kappa shape index (κ1) is 22.6. The number of carbonyl (C=O) groups excluding carboxylic acids is 2. The van der Waals surface area contributed by atoms with E-state index in [9.17, 15) is 9.59 Å². The normalized spacial score (nSPS) is 16.5. The first-order chi connectivity index (χ1) is 14.9. The molecule has 0 aromatic heterocycles. The molecule has 1 N–H and O–H groups in total. The average Bonchev–Trinajstić information content (AvgIpc) is 2.79. The Labute approximate surface area is 183 Å². The van der Waals surface area contributed by atoms with E-state index in [2.05, 4.69) is 41.4 Å². The number of methoxy groups -OCH3 is 3. The quantitative estimate of drug-likeness (QED) is 0.681. The van der Waals surface area contributed by atoms with E-state index in [-0.39, 0.29) is 17.4 Å². The number of benzene rings is 2. The molecule has 0 bridgehead atoms. The van der Waals surface area contributed by atoms with Crippen LogP contribution in [0.5, 0.6) is 11.5 Å². The molecule has 1 aliphatic heterocycles. The van der Waals surface area contributed by atoms with Gasteiger partial charge in [0.15, 0.2) is 11.5 Å². The summed E-state index contributed by atoms with van der Waals surface area (Å²) in [6.45, 7) is 4.51. The standard InChI is InChI=1S/C24H30N2O5/c1-16-7-9-17(10-8-16)14-26-11-5-6-18(15-26)23(27)25-20-13-22(30-3)21(29-2)12-19(20)24(28)31-4/h7-10,12-13,18H,5-6,11,14-15H2,1-4H3,(H,25,27). The van der Waals surface area contributed by atoms with Gasteiger partial charge in [0.1, 0.15) is 0 Å². The van der Waals surface area contributed by atoms with E-state index in [1.165, 1.54) is 38.5 Å². The van der Waals surface area contributed by atoms with Crippen molar-refractivity contribution in [1.29, 1.82) is 0 Å². The lowest BCUT2D eigenvalue weighted by atomic mass is 9.96. The van der Waals surface area contributed by atoms with Crippen molar-refractivity contribution in [3.8, 4) is 11.5 Å². The highest BCUT2D eigenvalue weighted by molar-refractivity contribution is 6.02. The predicted molar refractivity (Wildman–Crippen MR) is 119 cm³/mol. The van der Waals surface area contributed by atoms with Crippen LogP contribution in [0.1, 0.15) is 34.3 Å². The monoisotopic (exact) mass is 426 g/mol. The number of likely N-dealkylation sites (tertiary alicyclic amines) is 1. The third-order valence-electron chi connectivity index (χ3n) is 5.59. The Morgan fingerprint density at radius 2 is 1.74 bits per heavy atom. The van der Waals surface area contributed by atoms with Gasteiger partial charge in [-0.1, -0.05) is 29.8 Å². The number of rotatable bonds is 7. The number of carbonyl (C=O) groups is 2. The maximum absolute atomic E-state index is 13.1. The second kappa shape index (κ2) is 10.3. The van der Waals surface area contributed by atoms with Crippen LogP contribution in [0.4, 0.5) is 5.69 Å². The van der Waals surface area contributed by atoms with Gasteiger partial charge in [0.2, 0.25) is 5.91 Å². The van der Waals surface area contributed by atoms with Crippen molar-refractivity contribution in [2.75, 3.05) is 39.7 Å². The zero-order valence-corrected chi connectivity index (χ0v) is 18.6. The van der Waals surface area contributed by atoms with Crippen molar-refractivity contribution in [3.05, 3.63) is 53.1 Å². The Balaban J connectivity index is 1.74. The summed E-state index contributed by atoms with van der Waals surface area (Å²) >= 11 is 0. The van der Waals surface area contributed by atoms with Crippen LogP contribution in [-0.4, -0.2) is 51.2 Å². The Bertz CT molecular complexity index is 926. The molecule has 1 atom stereocenters. The minimum Gasteiger partial charge on any atom is -0.493 e. The molecule has 1 aliphatic rings. The largest absolute Gasteiger partial charge is 0.493 e. The van der Waals surface area contributed by atoms with E-state index in [4.69, 9.17) is 14.2 Å². The molecule has 166 valence electrons. The minimum atomic E-state index is -0.555. The van der Waals surface area contributed by atoms with E-state index in [0.717, 1.165) is 25.9 Å². The van der Waals surface area contributed by atoms with Gasteiger partial charge in [0, 0.05) is 25.2 Å². The van der Waals surface area contributed by atoms with Gasteiger partial charge in [-0.3, -0.25) is 9.69 Å². The molecule has 3 rings (SSSR count). The lowest BCUT2D eigenvalue weighted by molar-refractivity contribution is -0.121. The number of nitrogens with zero attached hydrogens (tertiary/aromatic N) is 1. The summed E-state index contributed by atoms with van der Waals surface area (Å²) in [5, 5.41) is 2.91. The Morgan fingerprint density at radius 3 is 2.39 bits per heavy atom. The van der Waals surface area contributed by atoms with Crippen LogP contribution in [0.25, 0.3) is 0 Å². The molecule has 1 unspecified atom stereocenters. The van der Waals surface area contributed by atoms with E-state index in [0.29, 0.717) is 23.7 Å². The van der Waals surface area contributed by atoms with Crippen molar-refractivity contribution < 1.29 is 23.8 Å². The molecular weight excluding hydrogens is 396 g/mol. The molecule has 1 fully saturated rings. The zero-order valence-electron chi connectivity index (χ0n) is 18.6. The summed E-state index contributed by atoms with van der Waals surface area (Å²) in [6.07, 6.45) is 1.75. The van der Waals surface area contributed by atoms with Crippen molar-refractivity contribution in [2.45, 2.75) is 26.3 Å². The van der Waals surface area contributed by atoms with Crippen molar-refractivity contribution >= 4 is 17.6 Å². The highest BCUT2D eigenvalue weighted by atomic mass is 16.5. The molecule has 7 nitrogen and oxygen atoms in total. The lowest BCUT2D eigenvalue weighted by Gasteiger charge is -2.32.